The van der Waals surface area contributed by atoms with Gasteiger partial charge in [0, 0.05) is 12.3 Å². The van der Waals surface area contributed by atoms with E-state index in [1.165, 1.54) is 6.42 Å². The van der Waals surface area contributed by atoms with Crippen molar-refractivity contribution in [2.45, 2.75) is 32.6 Å². The maximum atomic E-state index is 11.5. The maximum absolute atomic E-state index is 11.5. The highest BCUT2D eigenvalue weighted by Crippen LogP contribution is 2.36. The van der Waals surface area contributed by atoms with Crippen molar-refractivity contribution >= 4 is 5.78 Å². The first-order chi connectivity index (χ1) is 5.77. The molecule has 2 rings (SSSR count). The molecule has 0 saturated heterocycles. The smallest absolute Gasteiger partial charge is 0.136 e. The number of carbonyl (C=O) groups excluding carboxylic acids is 1. The third kappa shape index (κ3) is 1.33. The van der Waals surface area contributed by atoms with Crippen molar-refractivity contribution in [2.24, 2.45) is 17.8 Å². The van der Waals surface area contributed by atoms with E-state index in [1.54, 1.807) is 0 Å². The predicted molar refractivity (Wildman–Crippen MR) is 48.8 cm³/mol. The Morgan fingerprint density at radius 1 is 1.42 bits per heavy atom. The van der Waals surface area contributed by atoms with Gasteiger partial charge in [-0.2, -0.15) is 0 Å². The molecule has 0 aliphatic heterocycles. The van der Waals surface area contributed by atoms with Crippen LogP contribution in [-0.2, 0) is 4.79 Å². The Balaban J connectivity index is 2.16. The zero-order chi connectivity index (χ0) is 8.55. The summed E-state index contributed by atoms with van der Waals surface area (Å²) in [7, 11) is 0. The molecule has 66 valence electrons. The van der Waals surface area contributed by atoms with E-state index >= 15 is 0 Å². The van der Waals surface area contributed by atoms with Crippen LogP contribution in [0.25, 0.3) is 0 Å². The van der Waals surface area contributed by atoms with E-state index < -0.39 is 0 Å². The Labute approximate surface area is 73.8 Å². The molecule has 3 atom stereocenters. The minimum absolute atomic E-state index is 0.374. The number of hydrogen-bond acceptors (Lipinski definition) is 1. The van der Waals surface area contributed by atoms with Crippen LogP contribution < -0.4 is 0 Å². The molecule has 1 heteroatoms. The molecule has 0 amide bonds. The van der Waals surface area contributed by atoms with Gasteiger partial charge >= 0.3 is 0 Å². The summed E-state index contributed by atoms with van der Waals surface area (Å²) in [5.41, 5.74) is 0. The first-order valence-corrected chi connectivity index (χ1v) is 4.98. The third-order valence-electron chi connectivity index (χ3n) is 3.20. The van der Waals surface area contributed by atoms with Crippen molar-refractivity contribution in [3.05, 3.63) is 12.2 Å². The fraction of sp³-hybridized carbons (Fsp3) is 0.727. The number of carbonyl (C=O) groups is 1. The molecule has 0 bridgehead atoms. The number of allylic oxidation sites excluding steroid dienone is 2. The summed E-state index contributed by atoms with van der Waals surface area (Å²) < 4.78 is 0. The molecule has 1 saturated carbocycles. The molecule has 1 nitrogen and oxygen atoms in total. The van der Waals surface area contributed by atoms with Gasteiger partial charge in [-0.3, -0.25) is 4.79 Å². The Hall–Kier alpha value is -0.590. The van der Waals surface area contributed by atoms with E-state index in [2.05, 4.69) is 19.1 Å². The number of hydrogen-bond donors (Lipinski definition) is 0. The van der Waals surface area contributed by atoms with E-state index in [1.807, 2.05) is 0 Å². The Bertz CT molecular complexity index is 217. The number of Topliss-reactive ketones (excluding diaryl/α,β-unsaturated/α-hetero) is 1. The molecule has 0 N–H and O–H groups in total. The van der Waals surface area contributed by atoms with Crippen LogP contribution in [0.15, 0.2) is 12.2 Å². The van der Waals surface area contributed by atoms with Crippen molar-refractivity contribution in [1.82, 2.24) is 0 Å². The largest absolute Gasteiger partial charge is 0.299 e. The molecule has 2 aliphatic rings. The van der Waals surface area contributed by atoms with Crippen LogP contribution >= 0.6 is 0 Å². The Morgan fingerprint density at radius 2 is 2.25 bits per heavy atom. The molecular weight excluding hydrogens is 148 g/mol. The summed E-state index contributed by atoms with van der Waals surface area (Å²) in [4.78, 5) is 11.5. The lowest BCUT2D eigenvalue weighted by molar-refractivity contribution is -0.126. The summed E-state index contributed by atoms with van der Waals surface area (Å²) >= 11 is 0. The number of ketones is 1. The van der Waals surface area contributed by atoms with Crippen LogP contribution in [0, 0.1) is 17.8 Å². The average molecular weight is 164 g/mol. The number of fused-ring (bicyclic) bond motifs is 1. The summed E-state index contributed by atoms with van der Waals surface area (Å²) in [5.74, 6) is 2.09. The second kappa shape index (κ2) is 3.04. The summed E-state index contributed by atoms with van der Waals surface area (Å²) in [6.45, 7) is 2.20. The van der Waals surface area contributed by atoms with Gasteiger partial charge in [0.1, 0.15) is 5.78 Å². The van der Waals surface area contributed by atoms with E-state index in [0.29, 0.717) is 23.5 Å². The predicted octanol–water partition coefficient (Wildman–Crippen LogP) is 2.57. The minimum atomic E-state index is 0.374. The van der Waals surface area contributed by atoms with Crippen molar-refractivity contribution < 1.29 is 4.79 Å². The van der Waals surface area contributed by atoms with Gasteiger partial charge < -0.3 is 0 Å². The number of rotatable bonds is 0. The van der Waals surface area contributed by atoms with Crippen molar-refractivity contribution in [1.29, 1.82) is 0 Å². The fourth-order valence-electron chi connectivity index (χ4n) is 2.49. The highest BCUT2D eigenvalue weighted by Gasteiger charge is 2.32. The Morgan fingerprint density at radius 3 is 3.08 bits per heavy atom. The van der Waals surface area contributed by atoms with Gasteiger partial charge in [0.25, 0.3) is 0 Å². The highest BCUT2D eigenvalue weighted by molar-refractivity contribution is 5.82. The molecule has 0 radical (unpaired) electrons. The summed E-state index contributed by atoms with van der Waals surface area (Å²) in [5, 5.41) is 0. The first kappa shape index (κ1) is 8.03. The van der Waals surface area contributed by atoms with Crippen LogP contribution in [0.2, 0.25) is 0 Å². The molecule has 0 aromatic carbocycles. The van der Waals surface area contributed by atoms with Gasteiger partial charge in [-0.05, 0) is 31.1 Å². The zero-order valence-corrected chi connectivity index (χ0v) is 7.62. The highest BCUT2D eigenvalue weighted by atomic mass is 16.1. The van der Waals surface area contributed by atoms with Crippen molar-refractivity contribution in [3.8, 4) is 0 Å². The molecule has 0 aromatic rings. The van der Waals surface area contributed by atoms with Crippen LogP contribution in [0.3, 0.4) is 0 Å². The monoisotopic (exact) mass is 164 g/mol. The van der Waals surface area contributed by atoms with E-state index in [0.717, 1.165) is 19.3 Å². The van der Waals surface area contributed by atoms with Crippen LogP contribution in [0.5, 0.6) is 0 Å². The van der Waals surface area contributed by atoms with Crippen LogP contribution in [0.4, 0.5) is 0 Å². The summed E-state index contributed by atoms with van der Waals surface area (Å²) in [6.07, 6.45) is 8.83. The lowest BCUT2D eigenvalue weighted by Gasteiger charge is -2.32. The lowest BCUT2D eigenvalue weighted by Crippen LogP contribution is -2.30. The molecule has 1 unspecified atom stereocenters. The molecular formula is C11H16O. The Kier molecular flexibility index (Phi) is 2.03. The standard InChI is InChI=1S/C11H16O/c1-8-5-6-9-3-2-4-11(12)10(9)7-8/h5-6,8-10H,2-4,7H2,1H3/t8?,9-,10-/m0/s1. The lowest BCUT2D eigenvalue weighted by atomic mass is 9.71. The summed E-state index contributed by atoms with van der Waals surface area (Å²) in [6, 6.07) is 0. The van der Waals surface area contributed by atoms with Gasteiger partial charge in [-0.1, -0.05) is 19.1 Å². The normalized spacial score (nSPS) is 41.1. The topological polar surface area (TPSA) is 17.1 Å². The zero-order valence-electron chi connectivity index (χ0n) is 7.62. The molecule has 0 aromatic heterocycles. The van der Waals surface area contributed by atoms with Crippen LogP contribution in [-0.4, -0.2) is 5.78 Å². The second-order valence-electron chi connectivity index (χ2n) is 4.23. The molecule has 12 heavy (non-hydrogen) atoms. The van der Waals surface area contributed by atoms with Gasteiger partial charge in [0.05, 0.1) is 0 Å². The maximum Gasteiger partial charge on any atom is 0.136 e. The van der Waals surface area contributed by atoms with E-state index in [9.17, 15) is 4.79 Å². The molecule has 2 aliphatic carbocycles. The van der Waals surface area contributed by atoms with Crippen LogP contribution in [0.1, 0.15) is 32.6 Å². The third-order valence-corrected chi connectivity index (χ3v) is 3.20. The molecule has 1 fully saturated rings. The van der Waals surface area contributed by atoms with E-state index in [-0.39, 0.29) is 0 Å². The second-order valence-corrected chi connectivity index (χ2v) is 4.23. The van der Waals surface area contributed by atoms with E-state index in [4.69, 9.17) is 0 Å². The average Bonchev–Trinajstić information content (AvgIpc) is 2.07. The fourth-order valence-corrected chi connectivity index (χ4v) is 2.49. The van der Waals surface area contributed by atoms with Gasteiger partial charge in [-0.25, -0.2) is 0 Å². The quantitative estimate of drug-likeness (QED) is 0.503. The molecule has 0 heterocycles. The van der Waals surface area contributed by atoms with Crippen molar-refractivity contribution in [3.63, 3.8) is 0 Å². The van der Waals surface area contributed by atoms with Gasteiger partial charge in [0.2, 0.25) is 0 Å². The first-order valence-electron chi connectivity index (χ1n) is 4.98. The SMILES string of the molecule is CC1C=C[C@@H]2CCCC(=O)[C@H]2C1. The van der Waals surface area contributed by atoms with Crippen molar-refractivity contribution in [2.75, 3.05) is 0 Å². The van der Waals surface area contributed by atoms with Gasteiger partial charge in [-0.15, -0.1) is 0 Å². The van der Waals surface area contributed by atoms with Gasteiger partial charge in [0.15, 0.2) is 0 Å². The molecule has 0 spiro atoms. The minimum Gasteiger partial charge on any atom is -0.299 e.